The van der Waals surface area contributed by atoms with Crippen LogP contribution in [-0.4, -0.2) is 27.9 Å². The Hall–Kier alpha value is -2.73. The summed E-state index contributed by atoms with van der Waals surface area (Å²) in [7, 11) is 1.90. The van der Waals surface area contributed by atoms with Crippen LogP contribution in [-0.2, 0) is 23.0 Å². The Labute approximate surface area is 162 Å². The maximum atomic E-state index is 12.3. The van der Waals surface area contributed by atoms with Gasteiger partial charge >= 0.3 is 5.97 Å². The van der Waals surface area contributed by atoms with E-state index in [2.05, 4.69) is 4.98 Å². The molecule has 27 heavy (non-hydrogen) atoms. The molecule has 6 heteroatoms. The van der Waals surface area contributed by atoms with Crippen LogP contribution < -0.4 is 0 Å². The fraction of sp³-hybridized carbons (Fsp3) is 0.286. The van der Waals surface area contributed by atoms with E-state index in [9.17, 15) is 9.59 Å². The second-order valence-electron chi connectivity index (χ2n) is 6.61. The average molecular weight is 382 g/mol. The van der Waals surface area contributed by atoms with Crippen LogP contribution in [0.1, 0.15) is 33.0 Å². The highest BCUT2D eigenvalue weighted by Gasteiger charge is 2.17. The minimum Gasteiger partial charge on any atom is -0.457 e. The standard InChI is InChI=1S/C21H22N2O3S/c1-13-5-7-16(8-6-13)21-22-17(12-27-21)10-20(25)26-11-19(24)18-9-14(2)23(4)15(18)3/h5-9,12H,10-11H2,1-4H3. The molecular formula is C21H22N2O3S. The van der Waals surface area contributed by atoms with Gasteiger partial charge in [-0.1, -0.05) is 29.8 Å². The zero-order chi connectivity index (χ0) is 19.6. The van der Waals surface area contributed by atoms with Gasteiger partial charge in [0.25, 0.3) is 0 Å². The van der Waals surface area contributed by atoms with Gasteiger partial charge in [0.1, 0.15) is 5.01 Å². The lowest BCUT2D eigenvalue weighted by Gasteiger charge is -2.04. The zero-order valence-electron chi connectivity index (χ0n) is 15.9. The Kier molecular flexibility index (Phi) is 5.56. The van der Waals surface area contributed by atoms with Gasteiger partial charge in [-0.2, -0.15) is 0 Å². The SMILES string of the molecule is Cc1ccc(-c2nc(CC(=O)OCC(=O)c3cc(C)n(C)c3C)cs2)cc1. The monoisotopic (exact) mass is 382 g/mol. The van der Waals surface area contributed by atoms with E-state index in [1.54, 1.807) is 0 Å². The minimum absolute atomic E-state index is 0.0580. The molecule has 0 aliphatic rings. The van der Waals surface area contributed by atoms with Gasteiger partial charge in [0.05, 0.1) is 12.1 Å². The largest absolute Gasteiger partial charge is 0.457 e. The Balaban J connectivity index is 1.57. The number of thiazole rings is 1. The highest BCUT2D eigenvalue weighted by Crippen LogP contribution is 2.24. The molecule has 3 aromatic rings. The van der Waals surface area contributed by atoms with Crippen molar-refractivity contribution < 1.29 is 14.3 Å². The van der Waals surface area contributed by atoms with Gasteiger partial charge in [-0.05, 0) is 26.8 Å². The summed E-state index contributed by atoms with van der Waals surface area (Å²) in [5, 5.41) is 2.72. The Morgan fingerprint density at radius 3 is 2.48 bits per heavy atom. The lowest BCUT2D eigenvalue weighted by atomic mass is 10.1. The van der Waals surface area contributed by atoms with Gasteiger partial charge < -0.3 is 9.30 Å². The maximum absolute atomic E-state index is 12.3. The number of carbonyl (C=O) groups excluding carboxylic acids is 2. The van der Waals surface area contributed by atoms with Crippen molar-refractivity contribution >= 4 is 23.1 Å². The smallest absolute Gasteiger partial charge is 0.312 e. The summed E-state index contributed by atoms with van der Waals surface area (Å²) in [6, 6.07) is 9.91. The molecule has 140 valence electrons. The summed E-state index contributed by atoms with van der Waals surface area (Å²) < 4.78 is 7.11. The minimum atomic E-state index is -0.450. The predicted octanol–water partition coefficient (Wildman–Crippen LogP) is 4.04. The lowest BCUT2D eigenvalue weighted by molar-refractivity contribution is -0.141. The number of hydrogen-bond acceptors (Lipinski definition) is 5. The van der Waals surface area contributed by atoms with E-state index < -0.39 is 5.97 Å². The predicted molar refractivity (Wildman–Crippen MR) is 106 cm³/mol. The van der Waals surface area contributed by atoms with Crippen molar-refractivity contribution in [1.29, 1.82) is 0 Å². The first-order valence-electron chi connectivity index (χ1n) is 8.68. The molecule has 2 aromatic heterocycles. The number of aryl methyl sites for hydroxylation is 2. The number of Topliss-reactive ketones (excluding diaryl/α,β-unsaturated/α-hetero) is 1. The van der Waals surface area contributed by atoms with Crippen molar-refractivity contribution in [3.8, 4) is 10.6 Å². The summed E-state index contributed by atoms with van der Waals surface area (Å²) >= 11 is 1.49. The van der Waals surface area contributed by atoms with Crippen molar-refractivity contribution in [1.82, 2.24) is 9.55 Å². The Bertz CT molecular complexity index is 984. The number of aromatic nitrogens is 2. The van der Waals surface area contributed by atoms with Gasteiger partial charge in [0.2, 0.25) is 5.78 Å². The molecule has 2 heterocycles. The van der Waals surface area contributed by atoms with E-state index >= 15 is 0 Å². The third kappa shape index (κ3) is 4.34. The Morgan fingerprint density at radius 2 is 1.85 bits per heavy atom. The molecule has 0 fully saturated rings. The topological polar surface area (TPSA) is 61.2 Å². The summed E-state index contributed by atoms with van der Waals surface area (Å²) in [4.78, 5) is 28.9. The normalized spacial score (nSPS) is 10.8. The number of esters is 1. The molecule has 0 aliphatic heterocycles. The summed E-state index contributed by atoms with van der Waals surface area (Å²) in [6.45, 7) is 5.60. The van der Waals surface area contributed by atoms with Crippen LogP contribution in [0.15, 0.2) is 35.7 Å². The van der Waals surface area contributed by atoms with Gasteiger partial charge in [-0.3, -0.25) is 9.59 Å². The first-order valence-corrected chi connectivity index (χ1v) is 9.56. The highest BCUT2D eigenvalue weighted by molar-refractivity contribution is 7.13. The molecule has 1 aromatic carbocycles. The Morgan fingerprint density at radius 1 is 1.15 bits per heavy atom. The number of benzene rings is 1. The molecule has 0 N–H and O–H groups in total. The molecule has 0 atom stereocenters. The van der Waals surface area contributed by atoms with Crippen molar-refractivity contribution in [2.24, 2.45) is 7.05 Å². The van der Waals surface area contributed by atoms with Crippen molar-refractivity contribution in [3.63, 3.8) is 0 Å². The highest BCUT2D eigenvalue weighted by atomic mass is 32.1. The summed E-state index contributed by atoms with van der Waals surface area (Å²) in [5.74, 6) is -0.641. The van der Waals surface area contributed by atoms with Crippen LogP contribution in [0.25, 0.3) is 10.6 Å². The molecule has 0 unspecified atom stereocenters. The van der Waals surface area contributed by atoms with E-state index in [0.29, 0.717) is 11.3 Å². The quantitative estimate of drug-likeness (QED) is 0.477. The number of hydrogen-bond donors (Lipinski definition) is 0. The number of rotatable bonds is 6. The van der Waals surface area contributed by atoms with Crippen LogP contribution in [0.2, 0.25) is 0 Å². The first-order chi connectivity index (χ1) is 12.8. The van der Waals surface area contributed by atoms with Crippen molar-refractivity contribution in [2.45, 2.75) is 27.2 Å². The number of carbonyl (C=O) groups is 2. The van der Waals surface area contributed by atoms with Crippen LogP contribution >= 0.6 is 11.3 Å². The zero-order valence-corrected chi connectivity index (χ0v) is 16.7. The van der Waals surface area contributed by atoms with Gasteiger partial charge in [0, 0.05) is 34.9 Å². The summed E-state index contributed by atoms with van der Waals surface area (Å²) in [6.07, 6.45) is 0.0580. The van der Waals surface area contributed by atoms with E-state index in [0.717, 1.165) is 22.0 Å². The summed E-state index contributed by atoms with van der Waals surface area (Å²) in [5.41, 5.74) is 5.32. The third-order valence-corrected chi connectivity index (χ3v) is 5.56. The number of nitrogens with zero attached hydrogens (tertiary/aromatic N) is 2. The fourth-order valence-electron chi connectivity index (χ4n) is 2.78. The molecule has 0 bridgehead atoms. The molecule has 3 rings (SSSR count). The van der Waals surface area contributed by atoms with Crippen LogP contribution in [0.4, 0.5) is 0 Å². The maximum Gasteiger partial charge on any atom is 0.312 e. The molecule has 5 nitrogen and oxygen atoms in total. The van der Waals surface area contributed by atoms with E-state index in [4.69, 9.17) is 4.74 Å². The van der Waals surface area contributed by atoms with Crippen LogP contribution in [0.5, 0.6) is 0 Å². The molecular weight excluding hydrogens is 360 g/mol. The van der Waals surface area contributed by atoms with Crippen LogP contribution in [0, 0.1) is 20.8 Å². The van der Waals surface area contributed by atoms with Crippen LogP contribution in [0.3, 0.4) is 0 Å². The fourth-order valence-corrected chi connectivity index (χ4v) is 3.60. The first kappa shape index (κ1) is 19.0. The number of ketones is 1. The lowest BCUT2D eigenvalue weighted by Crippen LogP contribution is -2.16. The molecule has 0 aliphatic carbocycles. The van der Waals surface area contributed by atoms with E-state index in [1.807, 2.05) is 68.1 Å². The van der Waals surface area contributed by atoms with Gasteiger partial charge in [-0.15, -0.1) is 11.3 Å². The molecule has 0 saturated carbocycles. The number of ether oxygens (including phenoxy) is 1. The van der Waals surface area contributed by atoms with Gasteiger partial charge in [-0.25, -0.2) is 4.98 Å². The van der Waals surface area contributed by atoms with Crippen molar-refractivity contribution in [3.05, 3.63) is 63.9 Å². The van der Waals surface area contributed by atoms with E-state index in [1.165, 1.54) is 16.9 Å². The molecule has 0 amide bonds. The second-order valence-corrected chi connectivity index (χ2v) is 7.47. The van der Waals surface area contributed by atoms with Gasteiger partial charge in [0.15, 0.2) is 6.61 Å². The molecule has 0 radical (unpaired) electrons. The van der Waals surface area contributed by atoms with E-state index in [-0.39, 0.29) is 18.8 Å². The average Bonchev–Trinajstić information content (AvgIpc) is 3.20. The third-order valence-electron chi connectivity index (χ3n) is 4.62. The second kappa shape index (κ2) is 7.88. The molecule has 0 saturated heterocycles. The molecule has 0 spiro atoms. The van der Waals surface area contributed by atoms with Crippen molar-refractivity contribution in [2.75, 3.05) is 6.61 Å².